The Hall–Kier alpha value is -2.41. The fourth-order valence-electron chi connectivity index (χ4n) is 5.42. The quantitative estimate of drug-likeness (QED) is 0.173. The maximum atomic E-state index is 15.9. The van der Waals surface area contributed by atoms with Gasteiger partial charge in [0, 0.05) is 17.6 Å². The highest BCUT2D eigenvalue weighted by Gasteiger charge is 2.30. The van der Waals surface area contributed by atoms with Gasteiger partial charge in [0.25, 0.3) is 0 Å². The number of hydrogen-bond donors (Lipinski definition) is 2. The molecule has 2 aromatic rings. The van der Waals surface area contributed by atoms with Crippen molar-refractivity contribution in [1.82, 2.24) is 30.2 Å². The number of rotatable bonds is 12. The van der Waals surface area contributed by atoms with E-state index in [1.54, 1.807) is 6.20 Å². The molecule has 1 aliphatic heterocycles. The van der Waals surface area contributed by atoms with Crippen LogP contribution < -0.4 is 10.2 Å². The maximum absolute atomic E-state index is 15.9. The zero-order valence-electron chi connectivity index (χ0n) is 21.6. The molecule has 2 N–H and O–H groups in total. The Kier molecular flexibility index (Phi) is 10.2. The van der Waals surface area contributed by atoms with Crippen LogP contribution in [0.4, 0.5) is 10.2 Å². The second-order valence-corrected chi connectivity index (χ2v) is 11.5. The molecule has 208 valence electrons. The molecule has 3 heterocycles. The van der Waals surface area contributed by atoms with Crippen LogP contribution in [0.1, 0.15) is 55.6 Å². The van der Waals surface area contributed by atoms with Crippen molar-refractivity contribution < 1.29 is 19.2 Å². The molecule has 0 aromatic carbocycles. The van der Waals surface area contributed by atoms with Gasteiger partial charge in [-0.2, -0.15) is 4.98 Å². The minimum Gasteiger partial charge on any atom is -0.350 e. The Morgan fingerprint density at radius 2 is 2.05 bits per heavy atom. The normalized spacial score (nSPS) is 17.9. The number of likely N-dealkylation sites (tertiary alicyclic amines) is 1. The summed E-state index contributed by atoms with van der Waals surface area (Å²) in [7, 11) is 2.06. The van der Waals surface area contributed by atoms with E-state index in [0.717, 1.165) is 56.6 Å². The first-order valence-electron chi connectivity index (χ1n) is 13.1. The number of carbonyl (C=O) groups is 2. The van der Waals surface area contributed by atoms with Gasteiger partial charge in [0.1, 0.15) is 10.7 Å². The number of carbonyl (C=O) groups excluding carboxylic acids is 2. The highest BCUT2D eigenvalue weighted by molar-refractivity contribution is 7.09. The third kappa shape index (κ3) is 7.58. The molecule has 1 saturated carbocycles. The zero-order chi connectivity index (χ0) is 27.1. The van der Waals surface area contributed by atoms with Gasteiger partial charge in [0.05, 0.1) is 25.6 Å². The van der Waals surface area contributed by atoms with Gasteiger partial charge in [-0.3, -0.25) is 14.8 Å². The van der Waals surface area contributed by atoms with Gasteiger partial charge in [-0.15, -0.1) is 11.3 Å². The molecule has 4 rings (SSSR count). The topological polar surface area (TPSA) is 115 Å². The van der Waals surface area contributed by atoms with E-state index in [9.17, 15) is 14.8 Å². The van der Waals surface area contributed by atoms with Crippen molar-refractivity contribution >= 4 is 41.1 Å². The number of hydrogen-bond acceptors (Lipinski definition) is 9. The van der Waals surface area contributed by atoms with E-state index in [0.29, 0.717) is 23.9 Å². The summed E-state index contributed by atoms with van der Waals surface area (Å²) >= 11 is 7.75. The second kappa shape index (κ2) is 13.6. The van der Waals surface area contributed by atoms with Crippen LogP contribution in [0.15, 0.2) is 11.6 Å². The van der Waals surface area contributed by atoms with Crippen LogP contribution in [0.25, 0.3) is 0 Å². The molecule has 0 radical (unpaired) electrons. The van der Waals surface area contributed by atoms with E-state index in [1.165, 1.54) is 11.3 Å². The Morgan fingerprint density at radius 1 is 1.32 bits per heavy atom. The van der Waals surface area contributed by atoms with Gasteiger partial charge >= 0.3 is 0 Å². The fraction of sp³-hybridized carbons (Fsp3) is 0.640. The van der Waals surface area contributed by atoms with Crippen molar-refractivity contribution in [2.45, 2.75) is 64.1 Å². The summed E-state index contributed by atoms with van der Waals surface area (Å²) < 4.78 is 15.9. The third-order valence-electron chi connectivity index (χ3n) is 7.49. The summed E-state index contributed by atoms with van der Waals surface area (Å²) in [4.78, 5) is 40.9. The van der Waals surface area contributed by atoms with E-state index >= 15 is 4.39 Å². The molecule has 1 atom stereocenters. The van der Waals surface area contributed by atoms with E-state index in [-0.39, 0.29) is 48.2 Å². The maximum Gasteiger partial charge on any atom is 0.233 e. The molecule has 0 spiro atoms. The molecule has 0 bridgehead atoms. The molecule has 1 saturated heterocycles. The van der Waals surface area contributed by atoms with Gasteiger partial charge in [-0.25, -0.2) is 19.4 Å². The van der Waals surface area contributed by atoms with Crippen molar-refractivity contribution in [2.24, 2.45) is 11.8 Å². The number of hydroxylamine groups is 2. The second-order valence-electron chi connectivity index (χ2n) is 10.2. The Balaban J connectivity index is 1.52. The van der Waals surface area contributed by atoms with Gasteiger partial charge in [0.2, 0.25) is 17.6 Å². The van der Waals surface area contributed by atoms with Gasteiger partial charge in [0.15, 0.2) is 11.6 Å². The predicted molar refractivity (Wildman–Crippen MR) is 142 cm³/mol. The van der Waals surface area contributed by atoms with E-state index in [2.05, 4.69) is 32.2 Å². The summed E-state index contributed by atoms with van der Waals surface area (Å²) in [5.41, 5.74) is -0.0127. The number of aromatic nitrogens is 3. The zero-order valence-corrected chi connectivity index (χ0v) is 23.1. The average Bonchev–Trinajstić information content (AvgIpc) is 3.62. The molecule has 1 aliphatic carbocycles. The summed E-state index contributed by atoms with van der Waals surface area (Å²) in [5, 5.41) is 15.6. The number of halogens is 2. The van der Waals surface area contributed by atoms with Crippen LogP contribution in [0.3, 0.4) is 0 Å². The Labute approximate surface area is 231 Å². The molecule has 2 fully saturated rings. The van der Waals surface area contributed by atoms with Gasteiger partial charge in [-0.1, -0.05) is 25.7 Å². The van der Waals surface area contributed by atoms with Crippen LogP contribution in [-0.2, 0) is 22.7 Å². The third-order valence-corrected chi connectivity index (χ3v) is 8.42. The number of anilines is 1. The lowest BCUT2D eigenvalue weighted by Crippen LogP contribution is -2.44. The lowest BCUT2D eigenvalue weighted by Gasteiger charge is -2.37. The number of amides is 2. The minimum atomic E-state index is -0.630. The largest absolute Gasteiger partial charge is 0.350 e. The fourth-order valence-corrected chi connectivity index (χ4v) is 6.21. The molecule has 2 amide bonds. The number of piperidine rings is 1. The smallest absolute Gasteiger partial charge is 0.233 e. The molecular weight excluding hydrogens is 533 g/mol. The summed E-state index contributed by atoms with van der Waals surface area (Å²) in [5.74, 6) is -1.16. The molecule has 2 aromatic heterocycles. The first-order chi connectivity index (χ1) is 18.3. The number of nitrogens with zero attached hydrogens (tertiary/aromatic N) is 6. The molecule has 2 aliphatic rings. The van der Waals surface area contributed by atoms with Crippen LogP contribution in [-0.4, -0.2) is 75.2 Å². The SMILES string of the molecule is CN1CCC(N(Cc2nccs2)c2nc(Cl)nc(CNC(=O)[C@H](CC3CCCC3)CN(O)C=O)c2F)CC1. The minimum absolute atomic E-state index is 0.0127. The van der Waals surface area contributed by atoms with E-state index < -0.39 is 11.7 Å². The highest BCUT2D eigenvalue weighted by Crippen LogP contribution is 2.31. The number of nitrogens with one attached hydrogen (secondary N) is 1. The van der Waals surface area contributed by atoms with Crippen molar-refractivity contribution in [3.8, 4) is 0 Å². The monoisotopic (exact) mass is 567 g/mol. The van der Waals surface area contributed by atoms with Crippen molar-refractivity contribution in [1.29, 1.82) is 0 Å². The van der Waals surface area contributed by atoms with Crippen molar-refractivity contribution in [3.05, 3.63) is 33.4 Å². The Bertz CT molecular complexity index is 1070. The lowest BCUT2D eigenvalue weighted by atomic mass is 9.92. The van der Waals surface area contributed by atoms with Crippen molar-refractivity contribution in [3.63, 3.8) is 0 Å². The molecular formula is C25H35ClFN7O3S. The first kappa shape index (κ1) is 28.6. The molecule has 13 heteroatoms. The van der Waals surface area contributed by atoms with E-state index in [4.69, 9.17) is 11.6 Å². The van der Waals surface area contributed by atoms with Crippen LogP contribution in [0.5, 0.6) is 0 Å². The van der Waals surface area contributed by atoms with Gasteiger partial charge in [-0.05, 0) is 56.9 Å². The summed E-state index contributed by atoms with van der Waals surface area (Å²) in [6.45, 7) is 1.85. The number of thiazole rings is 1. The molecule has 10 nitrogen and oxygen atoms in total. The summed E-state index contributed by atoms with van der Waals surface area (Å²) in [6.07, 6.45) is 8.48. The lowest BCUT2D eigenvalue weighted by molar-refractivity contribution is -0.155. The molecule has 0 unspecified atom stereocenters. The van der Waals surface area contributed by atoms with Crippen molar-refractivity contribution in [2.75, 3.05) is 31.6 Å². The average molecular weight is 568 g/mol. The molecule has 38 heavy (non-hydrogen) atoms. The first-order valence-corrected chi connectivity index (χ1v) is 14.3. The van der Waals surface area contributed by atoms with Crippen LogP contribution in [0.2, 0.25) is 5.28 Å². The summed E-state index contributed by atoms with van der Waals surface area (Å²) in [6, 6.07) is 0.0488. The van der Waals surface area contributed by atoms with E-state index in [1.807, 2.05) is 10.3 Å². The van der Waals surface area contributed by atoms with Gasteiger partial charge < -0.3 is 15.1 Å². The predicted octanol–water partition coefficient (Wildman–Crippen LogP) is 3.49. The van der Waals surface area contributed by atoms with Crippen LogP contribution >= 0.6 is 22.9 Å². The standard InChI is InChI=1S/C25H35ClFN7O3S/c1-32-9-6-19(7-10-32)34(15-21-28-8-11-38-21)23-22(27)20(30-25(26)31-23)13-29-24(36)18(14-33(37)16-35)12-17-4-2-3-5-17/h8,11,16-19,37H,2-7,9-10,12-15H2,1H3,(H,29,36)/t18-/m1/s1. The Morgan fingerprint density at radius 3 is 2.71 bits per heavy atom. The highest BCUT2D eigenvalue weighted by atomic mass is 35.5. The van der Waals surface area contributed by atoms with Crippen LogP contribution in [0, 0.1) is 17.7 Å².